The Kier molecular flexibility index (Phi) is 5.52. The monoisotopic (exact) mass is 332 g/mol. The maximum absolute atomic E-state index is 12.4. The summed E-state index contributed by atoms with van der Waals surface area (Å²) in [7, 11) is 0. The van der Waals surface area contributed by atoms with Crippen molar-refractivity contribution in [1.29, 1.82) is 0 Å². The Bertz CT molecular complexity index is 580. The topological polar surface area (TPSA) is 58.6 Å². The molecule has 1 aromatic carbocycles. The molecule has 0 unspecified atom stereocenters. The maximum atomic E-state index is 12.4. The number of alkyl carbamates (subject to hydrolysis) is 1. The van der Waals surface area contributed by atoms with Crippen LogP contribution in [0.2, 0.25) is 0 Å². The predicted molar refractivity (Wildman–Crippen MR) is 93.5 cm³/mol. The third kappa shape index (κ3) is 4.73. The van der Waals surface area contributed by atoms with E-state index in [1.54, 1.807) is 0 Å². The first kappa shape index (κ1) is 18.3. The molecule has 0 spiro atoms. The molecule has 5 heteroatoms. The van der Waals surface area contributed by atoms with Crippen molar-refractivity contribution in [2.75, 3.05) is 6.54 Å². The van der Waals surface area contributed by atoms with Crippen molar-refractivity contribution in [2.24, 2.45) is 5.92 Å². The second kappa shape index (κ2) is 7.24. The van der Waals surface area contributed by atoms with Crippen LogP contribution in [-0.2, 0) is 9.53 Å². The summed E-state index contributed by atoms with van der Waals surface area (Å²) in [6.45, 7) is 10.1. The van der Waals surface area contributed by atoms with Crippen molar-refractivity contribution in [3.8, 4) is 0 Å². The summed E-state index contributed by atoms with van der Waals surface area (Å²) in [5.74, 6) is 0.227. The van der Waals surface area contributed by atoms with Gasteiger partial charge in [0, 0.05) is 24.9 Å². The van der Waals surface area contributed by atoms with E-state index >= 15 is 0 Å². The normalized spacial score (nSPS) is 20.6. The first-order valence-corrected chi connectivity index (χ1v) is 8.51. The van der Waals surface area contributed by atoms with Gasteiger partial charge in [-0.1, -0.05) is 30.3 Å². The lowest BCUT2D eigenvalue weighted by Crippen LogP contribution is -2.42. The second-order valence-corrected chi connectivity index (χ2v) is 7.53. The van der Waals surface area contributed by atoms with E-state index in [1.807, 2.05) is 69.9 Å². The van der Waals surface area contributed by atoms with Gasteiger partial charge in [0.2, 0.25) is 5.91 Å². The van der Waals surface area contributed by atoms with E-state index < -0.39 is 11.7 Å². The minimum Gasteiger partial charge on any atom is -0.444 e. The molecule has 1 aliphatic heterocycles. The van der Waals surface area contributed by atoms with Crippen LogP contribution in [0.1, 0.15) is 52.6 Å². The molecule has 1 heterocycles. The summed E-state index contributed by atoms with van der Waals surface area (Å²) >= 11 is 0. The van der Waals surface area contributed by atoms with Crippen molar-refractivity contribution in [2.45, 2.75) is 58.7 Å². The van der Waals surface area contributed by atoms with Gasteiger partial charge in [-0.3, -0.25) is 4.79 Å². The first-order chi connectivity index (χ1) is 11.2. The first-order valence-electron chi connectivity index (χ1n) is 8.51. The van der Waals surface area contributed by atoms with Crippen molar-refractivity contribution < 1.29 is 14.3 Å². The Hall–Kier alpha value is -2.04. The van der Waals surface area contributed by atoms with Crippen LogP contribution >= 0.6 is 0 Å². The lowest BCUT2D eigenvalue weighted by Gasteiger charge is -2.27. The summed E-state index contributed by atoms with van der Waals surface area (Å²) in [6, 6.07) is 9.93. The molecule has 0 bridgehead atoms. The molecule has 2 rings (SSSR count). The molecule has 0 aromatic heterocycles. The van der Waals surface area contributed by atoms with Gasteiger partial charge in [0.25, 0.3) is 0 Å². The summed E-state index contributed by atoms with van der Waals surface area (Å²) in [5, 5.41) is 2.86. The van der Waals surface area contributed by atoms with E-state index in [4.69, 9.17) is 4.74 Å². The minimum absolute atomic E-state index is 0.0393. The van der Waals surface area contributed by atoms with Gasteiger partial charge in [0.15, 0.2) is 0 Å². The van der Waals surface area contributed by atoms with Crippen molar-refractivity contribution in [1.82, 2.24) is 10.2 Å². The van der Waals surface area contributed by atoms with Crippen LogP contribution < -0.4 is 5.32 Å². The van der Waals surface area contributed by atoms with Crippen LogP contribution in [0.3, 0.4) is 0 Å². The number of hydrogen-bond acceptors (Lipinski definition) is 3. The number of amides is 2. The van der Waals surface area contributed by atoms with E-state index in [9.17, 15) is 9.59 Å². The van der Waals surface area contributed by atoms with Crippen LogP contribution in [0.25, 0.3) is 0 Å². The number of hydrogen-bond donors (Lipinski definition) is 1. The Morgan fingerprint density at radius 2 is 1.88 bits per heavy atom. The molecular formula is C19H28N2O3. The van der Waals surface area contributed by atoms with Gasteiger partial charge >= 0.3 is 6.09 Å². The molecule has 1 aromatic rings. The third-order valence-electron chi connectivity index (χ3n) is 4.39. The molecule has 0 radical (unpaired) electrons. The molecule has 0 aliphatic carbocycles. The quantitative estimate of drug-likeness (QED) is 0.918. The van der Waals surface area contributed by atoms with Gasteiger partial charge in [-0.15, -0.1) is 0 Å². The van der Waals surface area contributed by atoms with E-state index in [1.165, 1.54) is 0 Å². The Morgan fingerprint density at radius 3 is 2.46 bits per heavy atom. The average Bonchev–Trinajstić information content (AvgIpc) is 2.87. The van der Waals surface area contributed by atoms with Crippen LogP contribution in [-0.4, -0.2) is 35.1 Å². The molecule has 1 saturated heterocycles. The largest absolute Gasteiger partial charge is 0.444 e. The van der Waals surface area contributed by atoms with Gasteiger partial charge in [0.1, 0.15) is 5.60 Å². The Morgan fingerprint density at radius 1 is 1.25 bits per heavy atom. The molecule has 1 fully saturated rings. The number of likely N-dealkylation sites (tertiary alicyclic amines) is 1. The van der Waals surface area contributed by atoms with Crippen LogP contribution in [0.15, 0.2) is 30.3 Å². The summed E-state index contributed by atoms with van der Waals surface area (Å²) in [4.78, 5) is 26.2. The highest BCUT2D eigenvalue weighted by Gasteiger charge is 2.36. The third-order valence-corrected chi connectivity index (χ3v) is 4.39. The van der Waals surface area contributed by atoms with Gasteiger partial charge in [-0.2, -0.15) is 0 Å². The summed E-state index contributed by atoms with van der Waals surface area (Å²) < 4.78 is 5.29. The number of nitrogens with zero attached hydrogens (tertiary/aromatic N) is 1. The molecule has 3 atom stereocenters. The zero-order valence-electron chi connectivity index (χ0n) is 15.2. The maximum Gasteiger partial charge on any atom is 0.407 e. The molecule has 132 valence electrons. The van der Waals surface area contributed by atoms with Crippen molar-refractivity contribution in [3.63, 3.8) is 0 Å². The number of benzene rings is 1. The Labute approximate surface area is 144 Å². The van der Waals surface area contributed by atoms with Gasteiger partial charge in [-0.05, 0) is 40.2 Å². The van der Waals surface area contributed by atoms with Crippen molar-refractivity contribution >= 4 is 12.0 Å². The van der Waals surface area contributed by atoms with E-state index in [-0.39, 0.29) is 23.9 Å². The smallest absolute Gasteiger partial charge is 0.407 e. The van der Waals surface area contributed by atoms with Gasteiger partial charge in [0.05, 0.1) is 6.04 Å². The second-order valence-electron chi connectivity index (χ2n) is 7.53. The van der Waals surface area contributed by atoms with Crippen molar-refractivity contribution in [3.05, 3.63) is 35.9 Å². The zero-order valence-corrected chi connectivity index (χ0v) is 15.2. The average molecular weight is 332 g/mol. The van der Waals surface area contributed by atoms with E-state index in [0.717, 1.165) is 5.56 Å². The number of carbonyl (C=O) groups excluding carboxylic acids is 2. The standard InChI is InChI=1S/C19H28N2O3/c1-13(20-18(23)24-19(3,4)5)16-11-17(22)21(12-16)14(2)15-9-7-6-8-10-15/h6-10,13-14,16H,11-12H2,1-5H3,(H,20,23)/t13-,14-,16-/m1/s1. The van der Waals surface area contributed by atoms with Crippen LogP contribution in [0.4, 0.5) is 4.79 Å². The van der Waals surface area contributed by atoms with Gasteiger partial charge < -0.3 is 15.0 Å². The van der Waals surface area contributed by atoms with Crippen LogP contribution in [0.5, 0.6) is 0 Å². The van der Waals surface area contributed by atoms with E-state index in [2.05, 4.69) is 5.32 Å². The minimum atomic E-state index is -0.525. The SMILES string of the molecule is C[C@H](c1ccccc1)N1C[C@H]([C@@H](C)NC(=O)OC(C)(C)C)CC1=O. The lowest BCUT2D eigenvalue weighted by molar-refractivity contribution is -0.129. The molecule has 1 N–H and O–H groups in total. The van der Waals surface area contributed by atoms with E-state index in [0.29, 0.717) is 13.0 Å². The fourth-order valence-electron chi connectivity index (χ4n) is 2.99. The molecule has 24 heavy (non-hydrogen) atoms. The van der Waals surface area contributed by atoms with Gasteiger partial charge in [-0.25, -0.2) is 4.79 Å². The lowest BCUT2D eigenvalue weighted by atomic mass is 10.0. The number of carbonyl (C=O) groups is 2. The fraction of sp³-hybridized carbons (Fsp3) is 0.579. The summed E-state index contributed by atoms with van der Waals surface area (Å²) in [6.07, 6.45) is 0.0192. The molecule has 2 amide bonds. The highest BCUT2D eigenvalue weighted by molar-refractivity contribution is 5.79. The van der Waals surface area contributed by atoms with Crippen LogP contribution in [0, 0.1) is 5.92 Å². The molecule has 0 saturated carbocycles. The Balaban J connectivity index is 1.95. The predicted octanol–water partition coefficient (Wildman–Crippen LogP) is 3.51. The number of nitrogens with one attached hydrogen (secondary N) is 1. The highest BCUT2D eigenvalue weighted by atomic mass is 16.6. The highest BCUT2D eigenvalue weighted by Crippen LogP contribution is 2.30. The zero-order chi connectivity index (χ0) is 17.9. The fourth-order valence-corrected chi connectivity index (χ4v) is 2.99. The molecule has 1 aliphatic rings. The number of rotatable bonds is 4. The molecule has 5 nitrogen and oxygen atoms in total. The summed E-state index contributed by atoms with van der Waals surface area (Å²) in [5.41, 5.74) is 0.600. The molecular weight excluding hydrogens is 304 g/mol. The number of ether oxygens (including phenoxy) is 1.